The predicted octanol–water partition coefficient (Wildman–Crippen LogP) is 3.48. The smallest absolute Gasteiger partial charge is 0.255 e. The van der Waals surface area contributed by atoms with Crippen LogP contribution in [0.15, 0.2) is 67.3 Å². The van der Waals surface area contributed by atoms with Gasteiger partial charge < -0.3 is 15.3 Å². The zero-order valence-corrected chi connectivity index (χ0v) is 14.0. The Morgan fingerprint density at radius 3 is 2.58 bits per heavy atom. The van der Waals surface area contributed by atoms with Crippen molar-refractivity contribution in [2.45, 2.75) is 12.5 Å². The molecule has 0 fully saturated rings. The van der Waals surface area contributed by atoms with Gasteiger partial charge in [-0.2, -0.15) is 0 Å². The predicted molar refractivity (Wildman–Crippen MR) is 98.1 cm³/mol. The fourth-order valence-corrected chi connectivity index (χ4v) is 2.47. The zero-order chi connectivity index (χ0) is 17.4. The summed E-state index contributed by atoms with van der Waals surface area (Å²) in [6, 6.07) is 16.9. The molecule has 2 aromatic rings. The van der Waals surface area contributed by atoms with Gasteiger partial charge in [0, 0.05) is 25.8 Å². The minimum absolute atomic E-state index is 0.0672. The summed E-state index contributed by atoms with van der Waals surface area (Å²) >= 11 is 0. The second-order valence-corrected chi connectivity index (χ2v) is 5.66. The van der Waals surface area contributed by atoms with Crippen molar-refractivity contribution < 1.29 is 9.90 Å². The number of para-hydroxylation sites is 1. The fourth-order valence-electron chi connectivity index (χ4n) is 2.47. The van der Waals surface area contributed by atoms with E-state index in [1.165, 1.54) is 0 Å². The van der Waals surface area contributed by atoms with Gasteiger partial charge in [-0.15, -0.1) is 6.58 Å². The molecule has 0 aromatic heterocycles. The summed E-state index contributed by atoms with van der Waals surface area (Å²) < 4.78 is 0. The molecule has 4 nitrogen and oxygen atoms in total. The third-order valence-electron chi connectivity index (χ3n) is 3.86. The Hall–Kier alpha value is -2.59. The van der Waals surface area contributed by atoms with E-state index in [9.17, 15) is 9.90 Å². The van der Waals surface area contributed by atoms with Gasteiger partial charge in [0.05, 0.1) is 11.7 Å². The molecular weight excluding hydrogens is 300 g/mol. The van der Waals surface area contributed by atoms with Crippen LogP contribution in [0.2, 0.25) is 0 Å². The lowest BCUT2D eigenvalue weighted by atomic mass is 10.1. The summed E-state index contributed by atoms with van der Waals surface area (Å²) in [5, 5.41) is 13.4. The van der Waals surface area contributed by atoms with Gasteiger partial charge in [-0.3, -0.25) is 4.79 Å². The van der Waals surface area contributed by atoms with Gasteiger partial charge in [0.25, 0.3) is 5.91 Å². The number of nitrogens with one attached hydrogen (secondary N) is 1. The number of carbonyl (C=O) groups is 1. The first-order valence-corrected chi connectivity index (χ1v) is 8.05. The number of aliphatic hydroxyl groups excluding tert-OH is 1. The second kappa shape index (κ2) is 8.89. The zero-order valence-electron chi connectivity index (χ0n) is 14.0. The first-order chi connectivity index (χ1) is 11.6. The van der Waals surface area contributed by atoms with Crippen LogP contribution < -0.4 is 5.32 Å². The van der Waals surface area contributed by atoms with Crippen molar-refractivity contribution in [1.29, 1.82) is 0 Å². The minimum Gasteiger partial charge on any atom is -0.388 e. The molecule has 0 saturated carbocycles. The molecule has 0 aliphatic carbocycles. The van der Waals surface area contributed by atoms with Crippen LogP contribution in [0, 0.1) is 0 Å². The molecule has 1 unspecified atom stereocenters. The van der Waals surface area contributed by atoms with Crippen molar-refractivity contribution in [3.8, 4) is 0 Å². The van der Waals surface area contributed by atoms with Gasteiger partial charge in [0.15, 0.2) is 0 Å². The lowest BCUT2D eigenvalue weighted by Crippen LogP contribution is -2.29. The van der Waals surface area contributed by atoms with E-state index < -0.39 is 6.10 Å². The molecule has 4 heteroatoms. The first kappa shape index (κ1) is 17.8. The van der Waals surface area contributed by atoms with Crippen molar-refractivity contribution in [3.63, 3.8) is 0 Å². The highest BCUT2D eigenvalue weighted by atomic mass is 16.3. The average Bonchev–Trinajstić information content (AvgIpc) is 2.64. The Morgan fingerprint density at radius 2 is 1.88 bits per heavy atom. The molecule has 1 amide bonds. The van der Waals surface area contributed by atoms with E-state index in [1.54, 1.807) is 24.1 Å². The number of carbonyl (C=O) groups excluding carboxylic acids is 1. The summed E-state index contributed by atoms with van der Waals surface area (Å²) in [6.45, 7) is 4.75. The Kier molecular flexibility index (Phi) is 6.58. The standard InChI is InChI=1S/C20H24N2O2/c1-3-14-21-18-12-8-7-11-17(18)20(24)22(2)15-13-19(23)16-9-5-4-6-10-16/h3-12,19,21,23H,1,13-15H2,2H3. The van der Waals surface area contributed by atoms with Crippen molar-refractivity contribution >= 4 is 11.6 Å². The molecule has 0 bridgehead atoms. The van der Waals surface area contributed by atoms with Gasteiger partial charge >= 0.3 is 0 Å². The van der Waals surface area contributed by atoms with Gasteiger partial charge in [-0.1, -0.05) is 48.5 Å². The molecule has 0 radical (unpaired) electrons. The summed E-state index contributed by atoms with van der Waals surface area (Å²) in [5.41, 5.74) is 2.28. The Balaban J connectivity index is 1.98. The van der Waals surface area contributed by atoms with E-state index in [1.807, 2.05) is 48.5 Å². The highest BCUT2D eigenvalue weighted by Gasteiger charge is 2.16. The molecule has 2 rings (SSSR count). The molecule has 0 aliphatic heterocycles. The largest absolute Gasteiger partial charge is 0.388 e. The van der Waals surface area contributed by atoms with E-state index in [2.05, 4.69) is 11.9 Å². The number of rotatable bonds is 8. The number of aliphatic hydroxyl groups is 1. The average molecular weight is 324 g/mol. The molecule has 0 heterocycles. The van der Waals surface area contributed by atoms with E-state index in [-0.39, 0.29) is 5.91 Å². The number of amides is 1. The van der Waals surface area contributed by atoms with Gasteiger partial charge in [0.1, 0.15) is 0 Å². The third kappa shape index (κ3) is 4.70. The molecule has 1 atom stereocenters. The molecule has 2 aromatic carbocycles. The first-order valence-electron chi connectivity index (χ1n) is 8.05. The summed E-state index contributed by atoms with van der Waals surface area (Å²) in [6.07, 6.45) is 1.67. The lowest BCUT2D eigenvalue weighted by Gasteiger charge is -2.21. The van der Waals surface area contributed by atoms with Crippen LogP contribution >= 0.6 is 0 Å². The topological polar surface area (TPSA) is 52.6 Å². The van der Waals surface area contributed by atoms with Crippen molar-refractivity contribution in [2.24, 2.45) is 0 Å². The SMILES string of the molecule is C=CCNc1ccccc1C(=O)N(C)CCC(O)c1ccccc1. The van der Waals surface area contributed by atoms with Gasteiger partial charge in [-0.05, 0) is 24.1 Å². The van der Waals surface area contributed by atoms with Gasteiger partial charge in [-0.25, -0.2) is 0 Å². The molecule has 2 N–H and O–H groups in total. The number of hydrogen-bond donors (Lipinski definition) is 2. The maximum atomic E-state index is 12.7. The van der Waals surface area contributed by atoms with E-state index in [0.717, 1.165) is 11.3 Å². The monoisotopic (exact) mass is 324 g/mol. The molecular formula is C20H24N2O2. The Labute approximate surface area is 143 Å². The molecule has 0 saturated heterocycles. The Bertz CT molecular complexity index is 670. The molecule has 24 heavy (non-hydrogen) atoms. The minimum atomic E-state index is -0.574. The summed E-state index contributed by atoms with van der Waals surface area (Å²) in [7, 11) is 1.75. The highest BCUT2D eigenvalue weighted by molar-refractivity contribution is 5.99. The number of benzene rings is 2. The quantitative estimate of drug-likeness (QED) is 0.731. The third-order valence-corrected chi connectivity index (χ3v) is 3.86. The van der Waals surface area contributed by atoms with Crippen molar-refractivity contribution in [2.75, 3.05) is 25.5 Å². The van der Waals surface area contributed by atoms with Crippen LogP contribution in [0.25, 0.3) is 0 Å². The molecule has 126 valence electrons. The van der Waals surface area contributed by atoms with Crippen molar-refractivity contribution in [1.82, 2.24) is 4.90 Å². The second-order valence-electron chi connectivity index (χ2n) is 5.66. The summed E-state index contributed by atoms with van der Waals surface area (Å²) in [4.78, 5) is 14.3. The number of nitrogens with zero attached hydrogens (tertiary/aromatic N) is 1. The van der Waals surface area contributed by atoms with Crippen LogP contribution in [0.1, 0.15) is 28.4 Å². The van der Waals surface area contributed by atoms with Crippen LogP contribution in [0.4, 0.5) is 5.69 Å². The van der Waals surface area contributed by atoms with E-state index in [0.29, 0.717) is 25.1 Å². The number of anilines is 1. The lowest BCUT2D eigenvalue weighted by molar-refractivity contribution is 0.0762. The van der Waals surface area contributed by atoms with Crippen LogP contribution in [-0.2, 0) is 0 Å². The maximum Gasteiger partial charge on any atom is 0.255 e. The van der Waals surface area contributed by atoms with Crippen LogP contribution in [0.5, 0.6) is 0 Å². The van der Waals surface area contributed by atoms with Gasteiger partial charge in [0.2, 0.25) is 0 Å². The van der Waals surface area contributed by atoms with E-state index >= 15 is 0 Å². The normalized spacial score (nSPS) is 11.6. The maximum absolute atomic E-state index is 12.7. The molecule has 0 spiro atoms. The van der Waals surface area contributed by atoms with E-state index in [4.69, 9.17) is 0 Å². The fraction of sp³-hybridized carbons (Fsp3) is 0.250. The number of hydrogen-bond acceptors (Lipinski definition) is 3. The van der Waals surface area contributed by atoms with Crippen LogP contribution in [-0.4, -0.2) is 36.1 Å². The van der Waals surface area contributed by atoms with Crippen molar-refractivity contribution in [3.05, 3.63) is 78.4 Å². The summed E-state index contributed by atoms with van der Waals surface area (Å²) in [5.74, 6) is -0.0672. The van der Waals surface area contributed by atoms with Crippen LogP contribution in [0.3, 0.4) is 0 Å². The molecule has 0 aliphatic rings. The Morgan fingerprint density at radius 1 is 1.21 bits per heavy atom. The highest BCUT2D eigenvalue weighted by Crippen LogP contribution is 2.19.